The molecule has 0 spiro atoms. The highest BCUT2D eigenvalue weighted by atomic mass is 35.5. The summed E-state index contributed by atoms with van der Waals surface area (Å²) in [6.07, 6.45) is 0. The summed E-state index contributed by atoms with van der Waals surface area (Å²) in [6.45, 7) is 0. The van der Waals surface area contributed by atoms with Crippen molar-refractivity contribution in [3.63, 3.8) is 0 Å². The normalized spacial score (nSPS) is 11.2. The molecule has 0 saturated carbocycles. The molecule has 2 N–H and O–H groups in total. The van der Waals surface area contributed by atoms with Crippen molar-refractivity contribution < 1.29 is 19.1 Å². The van der Waals surface area contributed by atoms with Gasteiger partial charge >= 0.3 is 0 Å². The number of carbonyl (C=O) groups excluding carboxylic acids is 2. The summed E-state index contributed by atoms with van der Waals surface area (Å²) in [4.78, 5) is 27.4. The molecule has 0 aliphatic rings. The Bertz CT molecular complexity index is 1820. The number of halogens is 2. The molecule has 0 atom stereocenters. The number of fused-ring (bicyclic) bond motifs is 3. The van der Waals surface area contributed by atoms with E-state index in [-0.39, 0.29) is 11.8 Å². The van der Waals surface area contributed by atoms with Crippen LogP contribution >= 0.6 is 45.9 Å². The van der Waals surface area contributed by atoms with Crippen LogP contribution in [0.5, 0.6) is 11.5 Å². The SMILES string of the molecule is COc1ccc2c(Cl)c(C(=O)Nc3cccc4c(NC(=O)c5sc6cc(OC)ccc6c5Cl)cccc34)sc2c1. The lowest BCUT2D eigenvalue weighted by atomic mass is 10.1. The summed E-state index contributed by atoms with van der Waals surface area (Å²) < 4.78 is 12.3. The van der Waals surface area contributed by atoms with Crippen molar-refractivity contribution in [2.75, 3.05) is 24.9 Å². The second kappa shape index (κ2) is 10.6. The number of hydrogen-bond donors (Lipinski definition) is 2. The molecule has 0 saturated heterocycles. The van der Waals surface area contributed by atoms with Gasteiger partial charge in [-0.2, -0.15) is 0 Å². The predicted molar refractivity (Wildman–Crippen MR) is 167 cm³/mol. The Labute approximate surface area is 247 Å². The molecule has 0 aliphatic carbocycles. The van der Waals surface area contributed by atoms with Crippen LogP contribution in [0.25, 0.3) is 30.9 Å². The highest BCUT2D eigenvalue weighted by molar-refractivity contribution is 7.22. The molecule has 0 unspecified atom stereocenters. The first kappa shape index (κ1) is 26.4. The molecule has 0 fully saturated rings. The van der Waals surface area contributed by atoms with Crippen LogP contribution in [0.3, 0.4) is 0 Å². The van der Waals surface area contributed by atoms with Gasteiger partial charge < -0.3 is 20.1 Å². The molecule has 2 aromatic heterocycles. The van der Waals surface area contributed by atoms with Crippen molar-refractivity contribution in [2.45, 2.75) is 0 Å². The number of carbonyl (C=O) groups is 2. The predicted octanol–water partition coefficient (Wildman–Crippen LogP) is 9.10. The van der Waals surface area contributed by atoms with E-state index < -0.39 is 0 Å². The Morgan fingerprint density at radius 2 is 1.05 bits per heavy atom. The van der Waals surface area contributed by atoms with Gasteiger partial charge in [0.15, 0.2) is 0 Å². The first-order valence-electron chi connectivity index (χ1n) is 12.0. The summed E-state index contributed by atoms with van der Waals surface area (Å²) in [5.41, 5.74) is 1.19. The number of hydrogen-bond acceptors (Lipinski definition) is 6. The smallest absolute Gasteiger partial charge is 0.267 e. The lowest BCUT2D eigenvalue weighted by Crippen LogP contribution is -2.12. The second-order valence-corrected chi connectivity index (χ2v) is 11.7. The zero-order chi connectivity index (χ0) is 28.0. The quantitative estimate of drug-likeness (QED) is 0.198. The third kappa shape index (κ3) is 4.63. The molecule has 40 heavy (non-hydrogen) atoms. The molecule has 6 aromatic rings. The van der Waals surface area contributed by atoms with Crippen LogP contribution in [-0.4, -0.2) is 26.0 Å². The van der Waals surface area contributed by atoms with Gasteiger partial charge in [0.2, 0.25) is 0 Å². The van der Waals surface area contributed by atoms with Gasteiger partial charge in [0, 0.05) is 42.3 Å². The first-order valence-corrected chi connectivity index (χ1v) is 14.4. The van der Waals surface area contributed by atoms with Crippen LogP contribution in [0.1, 0.15) is 19.3 Å². The molecule has 0 radical (unpaired) electrons. The topological polar surface area (TPSA) is 76.7 Å². The van der Waals surface area contributed by atoms with Crippen molar-refractivity contribution in [3.05, 3.63) is 92.6 Å². The van der Waals surface area contributed by atoms with Gasteiger partial charge in [-0.3, -0.25) is 9.59 Å². The van der Waals surface area contributed by atoms with Gasteiger partial charge in [-0.25, -0.2) is 0 Å². The van der Waals surface area contributed by atoms with E-state index in [0.717, 1.165) is 30.9 Å². The van der Waals surface area contributed by atoms with Gasteiger partial charge in [-0.05, 0) is 48.5 Å². The fraction of sp³-hybridized carbons (Fsp3) is 0.0667. The maximum absolute atomic E-state index is 13.3. The van der Waals surface area contributed by atoms with E-state index in [1.165, 1.54) is 22.7 Å². The number of anilines is 2. The number of thiophene rings is 2. The third-order valence-electron chi connectivity index (χ3n) is 6.50. The van der Waals surface area contributed by atoms with Gasteiger partial charge in [0.1, 0.15) is 21.3 Å². The summed E-state index contributed by atoms with van der Waals surface area (Å²) >= 11 is 15.8. The Balaban J connectivity index is 1.30. The summed E-state index contributed by atoms with van der Waals surface area (Å²) in [5, 5.41) is 9.89. The zero-order valence-electron chi connectivity index (χ0n) is 21.1. The van der Waals surface area contributed by atoms with Crippen LogP contribution in [0, 0.1) is 0 Å². The standard InChI is InChI=1S/C30H20Cl2N2O4S2/c1-37-15-9-11-19-23(13-15)39-27(25(19)31)29(35)33-21-7-3-6-18-17(21)5-4-8-22(18)34-30(36)28-26(32)20-12-10-16(38-2)14-24(20)40-28/h3-14H,1-2H3,(H,33,35)(H,34,36). The van der Waals surface area contributed by atoms with Crippen LogP contribution in [0.2, 0.25) is 10.0 Å². The maximum Gasteiger partial charge on any atom is 0.267 e. The van der Waals surface area contributed by atoms with E-state index in [4.69, 9.17) is 32.7 Å². The molecule has 2 amide bonds. The monoisotopic (exact) mass is 606 g/mol. The minimum absolute atomic E-state index is 0.320. The van der Waals surface area contributed by atoms with Gasteiger partial charge in [-0.15, -0.1) is 22.7 Å². The Morgan fingerprint density at radius 1 is 0.625 bits per heavy atom. The van der Waals surface area contributed by atoms with E-state index >= 15 is 0 Å². The lowest BCUT2D eigenvalue weighted by Gasteiger charge is -2.12. The Morgan fingerprint density at radius 3 is 1.45 bits per heavy atom. The number of nitrogens with one attached hydrogen (secondary N) is 2. The van der Waals surface area contributed by atoms with Gasteiger partial charge in [-0.1, -0.05) is 47.5 Å². The molecule has 200 valence electrons. The Hall–Kier alpha value is -3.82. The van der Waals surface area contributed by atoms with E-state index in [0.29, 0.717) is 42.7 Å². The molecule has 4 aromatic carbocycles. The molecule has 0 aliphatic heterocycles. The van der Waals surface area contributed by atoms with Crippen LogP contribution in [0.15, 0.2) is 72.8 Å². The van der Waals surface area contributed by atoms with Crippen molar-refractivity contribution >= 4 is 100 Å². The van der Waals surface area contributed by atoms with E-state index in [1.807, 2.05) is 72.8 Å². The van der Waals surface area contributed by atoms with E-state index in [2.05, 4.69) is 10.6 Å². The fourth-order valence-electron chi connectivity index (χ4n) is 4.52. The van der Waals surface area contributed by atoms with Crippen molar-refractivity contribution in [1.29, 1.82) is 0 Å². The van der Waals surface area contributed by atoms with E-state index in [9.17, 15) is 9.59 Å². The highest BCUT2D eigenvalue weighted by Gasteiger charge is 2.21. The molecule has 0 bridgehead atoms. The molecule has 6 nitrogen and oxygen atoms in total. The van der Waals surface area contributed by atoms with Crippen molar-refractivity contribution in [1.82, 2.24) is 0 Å². The van der Waals surface area contributed by atoms with Crippen molar-refractivity contribution in [3.8, 4) is 11.5 Å². The van der Waals surface area contributed by atoms with Gasteiger partial charge in [0.05, 0.1) is 24.3 Å². The minimum atomic E-state index is -0.320. The molecule has 6 rings (SSSR count). The van der Waals surface area contributed by atoms with Crippen LogP contribution in [0.4, 0.5) is 11.4 Å². The van der Waals surface area contributed by atoms with Crippen LogP contribution < -0.4 is 20.1 Å². The second-order valence-electron chi connectivity index (χ2n) is 8.83. The Kier molecular flexibility index (Phi) is 7.02. The van der Waals surface area contributed by atoms with Crippen molar-refractivity contribution in [2.24, 2.45) is 0 Å². The third-order valence-corrected chi connectivity index (χ3v) is 9.82. The molecular formula is C30H20Cl2N2O4S2. The summed E-state index contributed by atoms with van der Waals surface area (Å²) in [6, 6.07) is 22.1. The lowest BCUT2D eigenvalue weighted by molar-refractivity contribution is 0.102. The molecule has 2 heterocycles. The fourth-order valence-corrected chi connectivity index (χ4v) is 7.40. The molecular weight excluding hydrogens is 587 g/mol. The largest absolute Gasteiger partial charge is 0.497 e. The van der Waals surface area contributed by atoms with Crippen LogP contribution in [-0.2, 0) is 0 Å². The van der Waals surface area contributed by atoms with E-state index in [1.54, 1.807) is 14.2 Å². The highest BCUT2D eigenvalue weighted by Crippen LogP contribution is 2.40. The number of rotatable bonds is 6. The number of benzene rings is 4. The number of ether oxygens (including phenoxy) is 2. The molecule has 10 heteroatoms. The number of methoxy groups -OCH3 is 2. The average molecular weight is 608 g/mol. The first-order chi connectivity index (χ1) is 19.4. The summed E-state index contributed by atoms with van der Waals surface area (Å²) in [5.74, 6) is 0.745. The zero-order valence-corrected chi connectivity index (χ0v) is 24.3. The maximum atomic E-state index is 13.3. The minimum Gasteiger partial charge on any atom is -0.497 e. The summed E-state index contributed by atoms with van der Waals surface area (Å²) in [7, 11) is 3.19. The average Bonchev–Trinajstić information content (AvgIpc) is 3.49. The number of amides is 2. The van der Waals surface area contributed by atoms with Gasteiger partial charge in [0.25, 0.3) is 11.8 Å².